The summed E-state index contributed by atoms with van der Waals surface area (Å²) in [4.78, 5) is 0. The van der Waals surface area contributed by atoms with Crippen molar-refractivity contribution in [2.24, 2.45) is 0 Å². The van der Waals surface area contributed by atoms with Crippen LogP contribution in [0, 0.1) is 0 Å². The molecule has 0 unspecified atom stereocenters. The van der Waals surface area contributed by atoms with Crippen LogP contribution in [-0.2, 0) is 5.41 Å². The van der Waals surface area contributed by atoms with E-state index in [0.717, 1.165) is 22.6 Å². The maximum absolute atomic E-state index is 6.24. The molecule has 0 amide bonds. The van der Waals surface area contributed by atoms with Crippen molar-refractivity contribution < 1.29 is 4.74 Å². The Morgan fingerprint density at radius 1 is 0.920 bits per heavy atom. The number of nitrogens with two attached hydrogens (primary N) is 1. The number of hydrogen-bond acceptors (Lipinski definition) is 2. The highest BCUT2D eigenvalue weighted by Gasteiger charge is 2.26. The highest BCUT2D eigenvalue weighted by Crippen LogP contribution is 2.41. The molecule has 2 nitrogen and oxygen atoms in total. The second kappa shape index (κ2) is 8.94. The summed E-state index contributed by atoms with van der Waals surface area (Å²) in [6.45, 7) is 6.95. The van der Waals surface area contributed by atoms with Crippen molar-refractivity contribution >= 4 is 5.69 Å². The maximum atomic E-state index is 6.24. The molecule has 0 aliphatic heterocycles. The molecule has 0 fully saturated rings. The fraction of sp³-hybridized carbons (Fsp3) is 0.478. The first-order valence-electron chi connectivity index (χ1n) is 9.59. The van der Waals surface area contributed by atoms with E-state index in [1.165, 1.54) is 44.1 Å². The first kappa shape index (κ1) is 19.4. The molecule has 0 atom stereocenters. The summed E-state index contributed by atoms with van der Waals surface area (Å²) in [7, 11) is 1.73. The van der Waals surface area contributed by atoms with Gasteiger partial charge in [0.25, 0.3) is 0 Å². The summed E-state index contributed by atoms with van der Waals surface area (Å²) in [6, 6.07) is 14.7. The molecule has 0 saturated heterocycles. The van der Waals surface area contributed by atoms with Crippen LogP contribution < -0.4 is 10.5 Å². The van der Waals surface area contributed by atoms with Gasteiger partial charge in [0.15, 0.2) is 0 Å². The second-order valence-electron chi connectivity index (χ2n) is 7.27. The highest BCUT2D eigenvalue weighted by molar-refractivity contribution is 5.81. The zero-order valence-electron chi connectivity index (χ0n) is 16.3. The van der Waals surface area contributed by atoms with Crippen molar-refractivity contribution in [1.82, 2.24) is 0 Å². The minimum atomic E-state index is 0.205. The molecule has 0 heterocycles. The SMILES string of the molecule is CCCCC(C)(CCCC)c1ccc(OC)c(-c2ccccc2N)c1. The van der Waals surface area contributed by atoms with E-state index in [9.17, 15) is 0 Å². The largest absolute Gasteiger partial charge is 0.496 e. The van der Waals surface area contributed by atoms with E-state index in [4.69, 9.17) is 10.5 Å². The summed E-state index contributed by atoms with van der Waals surface area (Å²) in [5.41, 5.74) is 10.8. The first-order valence-corrected chi connectivity index (χ1v) is 9.59. The minimum Gasteiger partial charge on any atom is -0.496 e. The molecule has 136 valence electrons. The Hall–Kier alpha value is -1.96. The van der Waals surface area contributed by atoms with Gasteiger partial charge < -0.3 is 10.5 Å². The normalized spacial score (nSPS) is 11.5. The number of anilines is 1. The van der Waals surface area contributed by atoms with Crippen molar-refractivity contribution in [2.45, 2.75) is 64.7 Å². The molecule has 2 aromatic rings. The van der Waals surface area contributed by atoms with Crippen LogP contribution in [-0.4, -0.2) is 7.11 Å². The molecule has 25 heavy (non-hydrogen) atoms. The van der Waals surface area contributed by atoms with Crippen LogP contribution in [0.25, 0.3) is 11.1 Å². The molecule has 2 rings (SSSR count). The summed E-state index contributed by atoms with van der Waals surface area (Å²) in [5.74, 6) is 0.884. The van der Waals surface area contributed by atoms with Gasteiger partial charge in [0.05, 0.1) is 7.11 Å². The van der Waals surface area contributed by atoms with Crippen molar-refractivity contribution in [1.29, 1.82) is 0 Å². The van der Waals surface area contributed by atoms with Gasteiger partial charge in [-0.15, -0.1) is 0 Å². The predicted molar refractivity (Wildman–Crippen MR) is 109 cm³/mol. The number of hydrogen-bond donors (Lipinski definition) is 1. The molecule has 0 spiro atoms. The van der Waals surface area contributed by atoms with Crippen molar-refractivity contribution in [3.63, 3.8) is 0 Å². The molecule has 2 N–H and O–H groups in total. The number of nitrogen functional groups attached to an aromatic ring is 1. The lowest BCUT2D eigenvalue weighted by Gasteiger charge is -2.31. The van der Waals surface area contributed by atoms with Gasteiger partial charge in [0.2, 0.25) is 0 Å². The zero-order valence-corrected chi connectivity index (χ0v) is 16.3. The lowest BCUT2D eigenvalue weighted by molar-refractivity contribution is 0.373. The number of para-hydroxylation sites is 1. The smallest absolute Gasteiger partial charge is 0.126 e. The van der Waals surface area contributed by atoms with Crippen molar-refractivity contribution in [3.8, 4) is 16.9 Å². The molecule has 0 aliphatic carbocycles. The van der Waals surface area contributed by atoms with Gasteiger partial charge in [0, 0.05) is 16.8 Å². The number of benzene rings is 2. The fourth-order valence-electron chi connectivity index (χ4n) is 3.58. The lowest BCUT2D eigenvalue weighted by Crippen LogP contribution is -2.22. The fourth-order valence-corrected chi connectivity index (χ4v) is 3.58. The minimum absolute atomic E-state index is 0.205. The Bertz CT molecular complexity index is 670. The summed E-state index contributed by atoms with van der Waals surface area (Å²) >= 11 is 0. The summed E-state index contributed by atoms with van der Waals surface area (Å²) in [6.07, 6.45) is 7.43. The number of methoxy groups -OCH3 is 1. The van der Waals surface area contributed by atoms with E-state index in [1.807, 2.05) is 18.2 Å². The number of unbranched alkanes of at least 4 members (excludes halogenated alkanes) is 2. The van der Waals surface area contributed by atoms with Crippen LogP contribution in [0.1, 0.15) is 64.9 Å². The van der Waals surface area contributed by atoms with Crippen molar-refractivity contribution in [2.75, 3.05) is 12.8 Å². The van der Waals surface area contributed by atoms with E-state index in [-0.39, 0.29) is 5.41 Å². The van der Waals surface area contributed by atoms with E-state index in [2.05, 4.69) is 45.0 Å². The Morgan fingerprint density at radius 3 is 2.12 bits per heavy atom. The van der Waals surface area contributed by atoms with E-state index >= 15 is 0 Å². The van der Waals surface area contributed by atoms with Crippen LogP contribution in [0.5, 0.6) is 5.75 Å². The highest BCUT2D eigenvalue weighted by atomic mass is 16.5. The average Bonchev–Trinajstić information content (AvgIpc) is 2.64. The molecule has 2 heteroatoms. The summed E-state index contributed by atoms with van der Waals surface area (Å²) < 4.78 is 5.63. The van der Waals surface area contributed by atoms with Crippen LogP contribution in [0.15, 0.2) is 42.5 Å². The van der Waals surface area contributed by atoms with Crippen LogP contribution in [0.2, 0.25) is 0 Å². The zero-order chi connectivity index (χ0) is 18.3. The Morgan fingerprint density at radius 2 is 1.56 bits per heavy atom. The number of rotatable bonds is 9. The van der Waals surface area contributed by atoms with Crippen LogP contribution >= 0.6 is 0 Å². The second-order valence-corrected chi connectivity index (χ2v) is 7.27. The molecule has 2 aromatic carbocycles. The van der Waals surface area contributed by atoms with Gasteiger partial charge in [0.1, 0.15) is 5.75 Å². The Kier molecular flexibility index (Phi) is 6.92. The van der Waals surface area contributed by atoms with Crippen molar-refractivity contribution in [3.05, 3.63) is 48.0 Å². The lowest BCUT2D eigenvalue weighted by atomic mass is 9.74. The van der Waals surface area contributed by atoms with Gasteiger partial charge in [-0.05, 0) is 42.0 Å². The van der Waals surface area contributed by atoms with E-state index < -0.39 is 0 Å². The van der Waals surface area contributed by atoms with E-state index in [0.29, 0.717) is 0 Å². The van der Waals surface area contributed by atoms with Crippen LogP contribution in [0.3, 0.4) is 0 Å². The maximum Gasteiger partial charge on any atom is 0.126 e. The molecular weight excluding hydrogens is 306 g/mol. The van der Waals surface area contributed by atoms with Gasteiger partial charge in [-0.1, -0.05) is 70.7 Å². The monoisotopic (exact) mass is 339 g/mol. The van der Waals surface area contributed by atoms with Crippen LogP contribution in [0.4, 0.5) is 5.69 Å². The predicted octanol–water partition coefficient (Wildman–Crippen LogP) is 6.58. The molecule has 0 bridgehead atoms. The van der Waals surface area contributed by atoms with Gasteiger partial charge in [-0.25, -0.2) is 0 Å². The van der Waals surface area contributed by atoms with Gasteiger partial charge in [-0.3, -0.25) is 0 Å². The van der Waals surface area contributed by atoms with E-state index in [1.54, 1.807) is 7.11 Å². The van der Waals surface area contributed by atoms with Gasteiger partial charge >= 0.3 is 0 Å². The standard InChI is InChI=1S/C23H33NO/c1-5-7-15-23(3,16-8-6-2)18-13-14-22(25-4)20(17-18)19-11-9-10-12-21(19)24/h9-14,17H,5-8,15-16,24H2,1-4H3. The molecule has 0 aliphatic rings. The molecular formula is C23H33NO. The Balaban J connectivity index is 2.50. The third kappa shape index (κ3) is 4.56. The first-order chi connectivity index (χ1) is 12.1. The third-order valence-corrected chi connectivity index (χ3v) is 5.31. The quantitative estimate of drug-likeness (QED) is 0.523. The Labute approximate surface area is 153 Å². The van der Waals surface area contributed by atoms with Gasteiger partial charge in [-0.2, -0.15) is 0 Å². The average molecular weight is 340 g/mol. The summed E-state index contributed by atoms with van der Waals surface area (Å²) in [5, 5.41) is 0. The molecule has 0 saturated carbocycles. The molecule has 0 radical (unpaired) electrons. The number of ether oxygens (including phenoxy) is 1. The molecule has 0 aromatic heterocycles. The third-order valence-electron chi connectivity index (χ3n) is 5.31. The topological polar surface area (TPSA) is 35.2 Å².